The molecule has 0 saturated carbocycles. The number of nitrogens with one attached hydrogen (secondary N) is 1. The van der Waals surface area contributed by atoms with Crippen molar-refractivity contribution in [1.29, 1.82) is 0 Å². The number of hydrogen-bond acceptors (Lipinski definition) is 4. The molecule has 1 aliphatic rings. The van der Waals surface area contributed by atoms with Gasteiger partial charge < -0.3 is 10.5 Å². The van der Waals surface area contributed by atoms with Gasteiger partial charge in [-0.25, -0.2) is 17.5 Å². The monoisotopic (exact) mass is 274 g/mol. The molecule has 0 amide bonds. The van der Waals surface area contributed by atoms with Crippen molar-refractivity contribution in [3.05, 3.63) is 24.0 Å². The Hall–Kier alpha value is -1.18. The van der Waals surface area contributed by atoms with E-state index in [1.807, 2.05) is 0 Å². The van der Waals surface area contributed by atoms with Crippen molar-refractivity contribution in [3.8, 4) is 0 Å². The Labute approximate surface area is 105 Å². The molecule has 0 bridgehead atoms. The molecular weight excluding hydrogens is 259 g/mol. The van der Waals surface area contributed by atoms with Crippen LogP contribution in [0, 0.1) is 5.82 Å². The molecule has 1 aromatic rings. The van der Waals surface area contributed by atoms with Gasteiger partial charge in [0.05, 0.1) is 17.8 Å². The van der Waals surface area contributed by atoms with Gasteiger partial charge in [-0.05, 0) is 25.5 Å². The molecule has 100 valence electrons. The van der Waals surface area contributed by atoms with E-state index >= 15 is 0 Å². The fourth-order valence-corrected chi connectivity index (χ4v) is 3.48. The normalized spacial score (nSPS) is 24.3. The second-order valence-electron chi connectivity index (χ2n) is 4.25. The Kier molecular flexibility index (Phi) is 3.56. The maximum absolute atomic E-state index is 13.6. The number of rotatable bonds is 3. The zero-order valence-corrected chi connectivity index (χ0v) is 10.7. The molecule has 2 atom stereocenters. The highest BCUT2D eigenvalue weighted by molar-refractivity contribution is 7.89. The number of hydrogen-bond donors (Lipinski definition) is 2. The Morgan fingerprint density at radius 1 is 1.50 bits per heavy atom. The third-order valence-electron chi connectivity index (χ3n) is 2.95. The Bertz CT molecular complexity index is 527. The quantitative estimate of drug-likeness (QED) is 0.801. The van der Waals surface area contributed by atoms with Crippen molar-refractivity contribution in [3.63, 3.8) is 0 Å². The number of ether oxygens (including phenoxy) is 1. The largest absolute Gasteiger partial charge is 0.398 e. The lowest BCUT2D eigenvalue weighted by Gasteiger charge is -2.17. The number of nitrogens with two attached hydrogens (primary N) is 1. The van der Waals surface area contributed by atoms with Gasteiger partial charge in [0.2, 0.25) is 10.0 Å². The lowest BCUT2D eigenvalue weighted by atomic mass is 10.2. The Morgan fingerprint density at radius 3 is 2.78 bits per heavy atom. The molecule has 1 heterocycles. The van der Waals surface area contributed by atoms with E-state index in [1.54, 1.807) is 6.92 Å². The van der Waals surface area contributed by atoms with Crippen LogP contribution in [0.5, 0.6) is 0 Å². The van der Waals surface area contributed by atoms with Gasteiger partial charge in [0.15, 0.2) is 0 Å². The third kappa shape index (κ3) is 2.47. The summed E-state index contributed by atoms with van der Waals surface area (Å²) in [4.78, 5) is -0.496. The van der Waals surface area contributed by atoms with E-state index in [-0.39, 0.29) is 17.8 Å². The van der Waals surface area contributed by atoms with Gasteiger partial charge in [0, 0.05) is 6.61 Å². The molecule has 7 heteroatoms. The summed E-state index contributed by atoms with van der Waals surface area (Å²) >= 11 is 0. The molecule has 1 aliphatic heterocycles. The molecule has 1 aromatic carbocycles. The number of anilines is 1. The average molecular weight is 274 g/mol. The molecular formula is C11H15FN2O3S. The molecule has 1 saturated heterocycles. The molecule has 1 fully saturated rings. The minimum Gasteiger partial charge on any atom is -0.398 e. The van der Waals surface area contributed by atoms with Crippen LogP contribution < -0.4 is 10.5 Å². The van der Waals surface area contributed by atoms with E-state index in [1.165, 1.54) is 12.1 Å². The lowest BCUT2D eigenvalue weighted by Crippen LogP contribution is -2.39. The number of nitrogen functional groups attached to an aromatic ring is 1. The van der Waals surface area contributed by atoms with Crippen molar-refractivity contribution in [2.24, 2.45) is 0 Å². The molecule has 0 spiro atoms. The smallest absolute Gasteiger partial charge is 0.245 e. The molecule has 0 aromatic heterocycles. The zero-order chi connectivity index (χ0) is 13.3. The fourth-order valence-electron chi connectivity index (χ4n) is 1.95. The predicted molar refractivity (Wildman–Crippen MR) is 65.0 cm³/mol. The van der Waals surface area contributed by atoms with Crippen molar-refractivity contribution >= 4 is 15.7 Å². The molecule has 2 unspecified atom stereocenters. The van der Waals surface area contributed by atoms with Crippen LogP contribution in [0.2, 0.25) is 0 Å². The number of benzene rings is 1. The van der Waals surface area contributed by atoms with Crippen molar-refractivity contribution < 1.29 is 17.5 Å². The summed E-state index contributed by atoms with van der Waals surface area (Å²) in [5.41, 5.74) is 5.42. The Balaban J connectivity index is 2.31. The van der Waals surface area contributed by atoms with E-state index in [9.17, 15) is 12.8 Å². The fraction of sp³-hybridized carbons (Fsp3) is 0.455. The minimum atomic E-state index is -3.97. The second kappa shape index (κ2) is 4.83. The van der Waals surface area contributed by atoms with Crippen LogP contribution in [0.4, 0.5) is 10.1 Å². The van der Waals surface area contributed by atoms with E-state index in [2.05, 4.69) is 4.72 Å². The van der Waals surface area contributed by atoms with E-state index in [0.717, 1.165) is 6.07 Å². The predicted octanol–water partition coefficient (Wildman–Crippen LogP) is 0.864. The van der Waals surface area contributed by atoms with Gasteiger partial charge in [0.1, 0.15) is 10.7 Å². The summed E-state index contributed by atoms with van der Waals surface area (Å²) in [5, 5.41) is 0. The SMILES string of the molecule is CC1OCCC1NS(=O)(=O)c1c(N)cccc1F. The molecule has 3 N–H and O–H groups in total. The van der Waals surface area contributed by atoms with Crippen molar-refractivity contribution in [2.75, 3.05) is 12.3 Å². The van der Waals surface area contributed by atoms with E-state index in [4.69, 9.17) is 10.5 Å². The third-order valence-corrected chi connectivity index (χ3v) is 4.53. The van der Waals surface area contributed by atoms with Gasteiger partial charge >= 0.3 is 0 Å². The second-order valence-corrected chi connectivity index (χ2v) is 5.90. The summed E-state index contributed by atoms with van der Waals surface area (Å²) in [7, 11) is -3.97. The number of halogens is 1. The van der Waals surface area contributed by atoms with Crippen LogP contribution in [-0.4, -0.2) is 27.2 Å². The molecule has 2 rings (SSSR count). The average Bonchev–Trinajstić information content (AvgIpc) is 2.63. The van der Waals surface area contributed by atoms with Crippen LogP contribution in [0.3, 0.4) is 0 Å². The van der Waals surface area contributed by atoms with Crippen LogP contribution in [0.25, 0.3) is 0 Å². The van der Waals surface area contributed by atoms with E-state index < -0.39 is 20.7 Å². The maximum atomic E-state index is 13.6. The van der Waals surface area contributed by atoms with Crippen LogP contribution in [-0.2, 0) is 14.8 Å². The molecule has 18 heavy (non-hydrogen) atoms. The molecule has 5 nitrogen and oxygen atoms in total. The van der Waals surface area contributed by atoms with Gasteiger partial charge in [-0.15, -0.1) is 0 Å². The first-order chi connectivity index (χ1) is 8.42. The summed E-state index contributed by atoms with van der Waals surface area (Å²) in [6.45, 7) is 2.26. The topological polar surface area (TPSA) is 81.4 Å². The van der Waals surface area contributed by atoms with Gasteiger partial charge in [0.25, 0.3) is 0 Å². The standard InChI is InChI=1S/C11H15FN2O3S/c1-7-10(5-6-17-7)14-18(15,16)11-8(12)3-2-4-9(11)13/h2-4,7,10,14H,5-6,13H2,1H3. The van der Waals surface area contributed by atoms with Crippen molar-refractivity contribution in [2.45, 2.75) is 30.4 Å². The van der Waals surface area contributed by atoms with Gasteiger partial charge in [-0.2, -0.15) is 0 Å². The summed E-state index contributed by atoms with van der Waals surface area (Å²) < 4.78 is 45.5. The Morgan fingerprint density at radius 2 is 2.22 bits per heavy atom. The highest BCUT2D eigenvalue weighted by Crippen LogP contribution is 2.23. The first-order valence-corrected chi connectivity index (χ1v) is 7.08. The molecule has 0 radical (unpaired) electrons. The van der Waals surface area contributed by atoms with Crippen LogP contribution >= 0.6 is 0 Å². The first kappa shape index (κ1) is 13.3. The maximum Gasteiger partial charge on any atom is 0.245 e. The number of sulfonamides is 1. The lowest BCUT2D eigenvalue weighted by molar-refractivity contribution is 0.117. The van der Waals surface area contributed by atoms with Gasteiger partial charge in [-0.1, -0.05) is 6.07 Å². The summed E-state index contributed by atoms with van der Waals surface area (Å²) in [6, 6.07) is 3.44. The zero-order valence-electron chi connectivity index (χ0n) is 9.89. The molecule has 0 aliphatic carbocycles. The summed E-state index contributed by atoms with van der Waals surface area (Å²) in [6.07, 6.45) is 0.335. The highest BCUT2D eigenvalue weighted by Gasteiger charge is 2.31. The van der Waals surface area contributed by atoms with Crippen LogP contribution in [0.1, 0.15) is 13.3 Å². The van der Waals surface area contributed by atoms with E-state index in [0.29, 0.717) is 13.0 Å². The minimum absolute atomic E-state index is 0.103. The highest BCUT2D eigenvalue weighted by atomic mass is 32.2. The summed E-state index contributed by atoms with van der Waals surface area (Å²) in [5.74, 6) is -0.853. The van der Waals surface area contributed by atoms with Crippen LogP contribution in [0.15, 0.2) is 23.1 Å². The van der Waals surface area contributed by atoms with Crippen molar-refractivity contribution in [1.82, 2.24) is 4.72 Å². The van der Waals surface area contributed by atoms with Gasteiger partial charge in [-0.3, -0.25) is 0 Å². The first-order valence-electron chi connectivity index (χ1n) is 5.60.